The lowest BCUT2D eigenvalue weighted by Crippen LogP contribution is -2.45. The molecule has 0 aliphatic rings. The molecule has 0 fully saturated rings. The summed E-state index contributed by atoms with van der Waals surface area (Å²) in [5.74, 6) is -0.191. The van der Waals surface area contributed by atoms with Gasteiger partial charge in [0.25, 0.3) is 5.91 Å². The predicted molar refractivity (Wildman–Crippen MR) is 79.5 cm³/mol. The van der Waals surface area contributed by atoms with Gasteiger partial charge < -0.3 is 16.4 Å². The van der Waals surface area contributed by atoms with Gasteiger partial charge in [0.15, 0.2) is 0 Å². The van der Waals surface area contributed by atoms with Gasteiger partial charge in [-0.1, -0.05) is 13.8 Å². The first-order valence-corrected chi connectivity index (χ1v) is 7.48. The molecule has 1 aromatic heterocycles. The minimum absolute atomic E-state index is 0.199. The van der Waals surface area contributed by atoms with Crippen LogP contribution in [-0.2, 0) is 4.79 Å². The van der Waals surface area contributed by atoms with E-state index in [2.05, 4.69) is 15.6 Å². The van der Waals surface area contributed by atoms with Crippen molar-refractivity contribution in [1.82, 2.24) is 15.6 Å². The average Bonchev–Trinajstić information content (AvgIpc) is 2.85. The molecule has 0 aliphatic heterocycles. The van der Waals surface area contributed by atoms with E-state index >= 15 is 0 Å². The van der Waals surface area contributed by atoms with Crippen molar-refractivity contribution in [3.8, 4) is 0 Å². The van der Waals surface area contributed by atoms with Crippen LogP contribution < -0.4 is 16.4 Å². The highest BCUT2D eigenvalue weighted by Crippen LogP contribution is 2.15. The van der Waals surface area contributed by atoms with Gasteiger partial charge in [0, 0.05) is 11.9 Å². The molecule has 0 saturated carbocycles. The Labute approximate surface area is 123 Å². The molecule has 0 spiro atoms. The highest BCUT2D eigenvalue weighted by atomic mass is 32.1. The van der Waals surface area contributed by atoms with Crippen LogP contribution in [0.5, 0.6) is 0 Å². The molecule has 2 unspecified atom stereocenters. The van der Waals surface area contributed by atoms with Gasteiger partial charge in [0.1, 0.15) is 16.7 Å². The van der Waals surface area contributed by atoms with E-state index < -0.39 is 6.04 Å². The predicted octanol–water partition coefficient (Wildman–Crippen LogP) is 1.05. The molecule has 2 amide bonds. The molecule has 1 aromatic rings. The molecule has 6 nitrogen and oxygen atoms in total. The second-order valence-electron chi connectivity index (χ2n) is 5.19. The molecular formula is C13H22N4O2S. The Kier molecular flexibility index (Phi) is 6.09. The van der Waals surface area contributed by atoms with E-state index in [0.717, 1.165) is 0 Å². The number of amides is 2. The Morgan fingerprint density at radius 2 is 2.00 bits per heavy atom. The average molecular weight is 298 g/mol. The molecule has 1 rings (SSSR count). The number of rotatable bonds is 6. The third kappa shape index (κ3) is 4.90. The zero-order chi connectivity index (χ0) is 15.3. The van der Waals surface area contributed by atoms with E-state index in [1.807, 2.05) is 20.8 Å². The van der Waals surface area contributed by atoms with Crippen LogP contribution >= 0.6 is 11.3 Å². The Bertz CT molecular complexity index is 471. The first-order valence-electron chi connectivity index (χ1n) is 6.60. The molecule has 112 valence electrons. The van der Waals surface area contributed by atoms with Gasteiger partial charge in [0.2, 0.25) is 5.91 Å². The SMILES string of the molecule is CC(C)CNC(=O)C(C)NC(=O)c1csc(C(C)N)n1. The molecule has 0 bridgehead atoms. The monoisotopic (exact) mass is 298 g/mol. The summed E-state index contributed by atoms with van der Waals surface area (Å²) < 4.78 is 0. The molecule has 0 saturated heterocycles. The number of nitrogens with one attached hydrogen (secondary N) is 2. The summed E-state index contributed by atoms with van der Waals surface area (Å²) in [6.07, 6.45) is 0. The molecule has 0 aromatic carbocycles. The summed E-state index contributed by atoms with van der Waals surface area (Å²) in [7, 11) is 0. The maximum atomic E-state index is 11.9. The number of nitrogens with zero attached hydrogens (tertiary/aromatic N) is 1. The van der Waals surface area contributed by atoms with E-state index in [9.17, 15) is 9.59 Å². The second-order valence-corrected chi connectivity index (χ2v) is 6.08. The number of hydrogen-bond acceptors (Lipinski definition) is 5. The Balaban J connectivity index is 2.54. The van der Waals surface area contributed by atoms with Crippen LogP contribution in [0.15, 0.2) is 5.38 Å². The molecule has 1 heterocycles. The second kappa shape index (κ2) is 7.35. The highest BCUT2D eigenvalue weighted by Gasteiger charge is 2.19. The van der Waals surface area contributed by atoms with Crippen molar-refractivity contribution in [2.75, 3.05) is 6.54 Å². The van der Waals surface area contributed by atoms with Crippen LogP contribution in [0, 0.1) is 5.92 Å². The van der Waals surface area contributed by atoms with E-state index in [0.29, 0.717) is 23.2 Å². The minimum Gasteiger partial charge on any atom is -0.354 e. The topological polar surface area (TPSA) is 97.1 Å². The highest BCUT2D eigenvalue weighted by molar-refractivity contribution is 7.09. The third-order valence-electron chi connectivity index (χ3n) is 2.57. The molecule has 7 heteroatoms. The number of carbonyl (C=O) groups excluding carboxylic acids is 2. The van der Waals surface area contributed by atoms with Gasteiger partial charge in [0.05, 0.1) is 6.04 Å². The molecular weight excluding hydrogens is 276 g/mol. The lowest BCUT2D eigenvalue weighted by atomic mass is 10.2. The minimum atomic E-state index is -0.596. The van der Waals surface area contributed by atoms with Crippen molar-refractivity contribution in [1.29, 1.82) is 0 Å². The molecule has 0 radical (unpaired) electrons. The Morgan fingerprint density at radius 3 is 2.50 bits per heavy atom. The largest absolute Gasteiger partial charge is 0.354 e. The van der Waals surface area contributed by atoms with Crippen LogP contribution in [0.1, 0.15) is 49.2 Å². The number of hydrogen-bond donors (Lipinski definition) is 3. The van der Waals surface area contributed by atoms with Crippen LogP contribution in [0.4, 0.5) is 0 Å². The maximum Gasteiger partial charge on any atom is 0.271 e. The van der Waals surface area contributed by atoms with Crippen LogP contribution in [0.25, 0.3) is 0 Å². The van der Waals surface area contributed by atoms with Gasteiger partial charge in [-0.25, -0.2) is 4.98 Å². The summed E-state index contributed by atoms with van der Waals surface area (Å²) in [4.78, 5) is 27.9. The number of aromatic nitrogens is 1. The number of carbonyl (C=O) groups is 2. The standard InChI is InChI=1S/C13H22N4O2S/c1-7(2)5-15-11(18)9(4)16-12(19)10-6-20-13(17-10)8(3)14/h6-9H,5,14H2,1-4H3,(H,15,18)(H,16,19). The molecule has 2 atom stereocenters. The normalized spacial score (nSPS) is 13.9. The third-order valence-corrected chi connectivity index (χ3v) is 3.62. The number of nitrogens with two attached hydrogens (primary N) is 1. The van der Waals surface area contributed by atoms with Crippen molar-refractivity contribution in [3.05, 3.63) is 16.1 Å². The van der Waals surface area contributed by atoms with Crippen LogP contribution in [0.3, 0.4) is 0 Å². The summed E-state index contributed by atoms with van der Waals surface area (Å²) in [5.41, 5.74) is 5.99. The fourth-order valence-electron chi connectivity index (χ4n) is 1.39. The van der Waals surface area contributed by atoms with Crippen LogP contribution in [0.2, 0.25) is 0 Å². The molecule has 0 aliphatic carbocycles. The summed E-state index contributed by atoms with van der Waals surface area (Å²) in [6, 6.07) is -0.796. The van der Waals surface area contributed by atoms with Gasteiger partial charge in [-0.05, 0) is 19.8 Å². The van der Waals surface area contributed by atoms with E-state index in [4.69, 9.17) is 5.73 Å². The lowest BCUT2D eigenvalue weighted by molar-refractivity contribution is -0.122. The smallest absolute Gasteiger partial charge is 0.271 e. The first kappa shape index (κ1) is 16.6. The van der Waals surface area contributed by atoms with Gasteiger partial charge in [-0.15, -0.1) is 11.3 Å². The zero-order valence-electron chi connectivity index (χ0n) is 12.3. The first-order chi connectivity index (χ1) is 9.31. The van der Waals surface area contributed by atoms with Gasteiger partial charge in [-0.2, -0.15) is 0 Å². The van der Waals surface area contributed by atoms with Crippen molar-refractivity contribution in [3.63, 3.8) is 0 Å². The molecule has 20 heavy (non-hydrogen) atoms. The fraction of sp³-hybridized carbons (Fsp3) is 0.615. The van der Waals surface area contributed by atoms with E-state index in [1.165, 1.54) is 11.3 Å². The molecule has 4 N–H and O–H groups in total. The number of thiazole rings is 1. The Hall–Kier alpha value is -1.47. The van der Waals surface area contributed by atoms with Gasteiger partial charge in [-0.3, -0.25) is 9.59 Å². The van der Waals surface area contributed by atoms with Crippen molar-refractivity contribution in [2.45, 2.75) is 39.8 Å². The lowest BCUT2D eigenvalue weighted by Gasteiger charge is -2.14. The van der Waals surface area contributed by atoms with E-state index in [1.54, 1.807) is 12.3 Å². The fourth-order valence-corrected chi connectivity index (χ4v) is 2.15. The van der Waals surface area contributed by atoms with Crippen molar-refractivity contribution >= 4 is 23.2 Å². The van der Waals surface area contributed by atoms with Crippen molar-refractivity contribution in [2.24, 2.45) is 11.7 Å². The van der Waals surface area contributed by atoms with E-state index in [-0.39, 0.29) is 17.9 Å². The van der Waals surface area contributed by atoms with Gasteiger partial charge >= 0.3 is 0 Å². The summed E-state index contributed by atoms with van der Waals surface area (Å²) in [5, 5.41) is 7.74. The Morgan fingerprint density at radius 1 is 1.35 bits per heavy atom. The van der Waals surface area contributed by atoms with Crippen molar-refractivity contribution < 1.29 is 9.59 Å². The summed E-state index contributed by atoms with van der Waals surface area (Å²) in [6.45, 7) is 8.06. The maximum absolute atomic E-state index is 11.9. The zero-order valence-corrected chi connectivity index (χ0v) is 13.1. The van der Waals surface area contributed by atoms with Crippen LogP contribution in [-0.4, -0.2) is 29.4 Å². The summed E-state index contributed by atoms with van der Waals surface area (Å²) >= 11 is 1.34. The quantitative estimate of drug-likeness (QED) is 0.731.